The van der Waals surface area contributed by atoms with Gasteiger partial charge in [-0.05, 0) is 30.5 Å². The van der Waals surface area contributed by atoms with Crippen molar-refractivity contribution in [1.82, 2.24) is 14.9 Å². The van der Waals surface area contributed by atoms with Gasteiger partial charge in [0.2, 0.25) is 5.91 Å². The first-order valence-electron chi connectivity index (χ1n) is 10.8. The standard InChI is InChI=1S/C23H28N4O5.H2S/c1-30-9-10-32-23-24-13-18-12-20(28)27(21(18)25-23)15-17-6-3-5-16(11-17)14-26-8-4-7-19(26)22(29)31-2;/h3,5-6,11,13,19H,4,7-10,12,14-15H2,1-2H3;1H2/t19-;/m0./s1. The highest BCUT2D eigenvalue weighted by atomic mass is 32.1. The lowest BCUT2D eigenvalue weighted by atomic mass is 10.1. The average molecular weight is 475 g/mol. The van der Waals surface area contributed by atoms with Gasteiger partial charge in [-0.1, -0.05) is 24.3 Å². The molecular formula is C23H30N4O5S. The van der Waals surface area contributed by atoms with E-state index in [1.165, 1.54) is 7.11 Å². The summed E-state index contributed by atoms with van der Waals surface area (Å²) in [6.07, 6.45) is 3.73. The SMILES string of the molecule is COCCOc1ncc2c(n1)N(Cc1cccc(CN3CCC[C@H]3C(=O)OC)c1)C(=O)C2.S. The van der Waals surface area contributed by atoms with Gasteiger partial charge in [0.15, 0.2) is 0 Å². The van der Waals surface area contributed by atoms with Crippen molar-refractivity contribution < 1.29 is 23.8 Å². The molecule has 0 unspecified atom stereocenters. The number of aromatic nitrogens is 2. The molecule has 1 amide bonds. The van der Waals surface area contributed by atoms with E-state index in [0.717, 1.165) is 36.1 Å². The van der Waals surface area contributed by atoms with Crippen LogP contribution in [0.3, 0.4) is 0 Å². The number of nitrogens with zero attached hydrogens (tertiary/aromatic N) is 4. The van der Waals surface area contributed by atoms with Crippen LogP contribution in [-0.4, -0.2) is 66.8 Å². The van der Waals surface area contributed by atoms with E-state index in [4.69, 9.17) is 14.2 Å². The van der Waals surface area contributed by atoms with Crippen molar-refractivity contribution in [3.63, 3.8) is 0 Å². The number of ether oxygens (including phenoxy) is 3. The maximum Gasteiger partial charge on any atom is 0.323 e. The summed E-state index contributed by atoms with van der Waals surface area (Å²) in [5, 5.41) is 0. The summed E-state index contributed by atoms with van der Waals surface area (Å²) in [5.41, 5.74) is 2.89. The fraction of sp³-hybridized carbons (Fsp3) is 0.478. The predicted molar refractivity (Wildman–Crippen MR) is 127 cm³/mol. The Kier molecular flexibility index (Phi) is 8.65. The van der Waals surface area contributed by atoms with Crippen LogP contribution in [0, 0.1) is 0 Å². The minimum absolute atomic E-state index is 0. The first-order valence-corrected chi connectivity index (χ1v) is 10.8. The van der Waals surface area contributed by atoms with Crippen LogP contribution >= 0.6 is 13.5 Å². The Morgan fingerprint density at radius 2 is 1.97 bits per heavy atom. The average Bonchev–Trinajstić information content (AvgIpc) is 3.38. The number of carbonyl (C=O) groups excluding carboxylic acids is 2. The monoisotopic (exact) mass is 474 g/mol. The summed E-state index contributed by atoms with van der Waals surface area (Å²) in [6.45, 7) is 2.72. The highest BCUT2D eigenvalue weighted by Crippen LogP contribution is 2.29. The van der Waals surface area contributed by atoms with Gasteiger partial charge in [0.1, 0.15) is 18.5 Å². The lowest BCUT2D eigenvalue weighted by Gasteiger charge is -2.23. The summed E-state index contributed by atoms with van der Waals surface area (Å²) >= 11 is 0. The van der Waals surface area contributed by atoms with Crippen LogP contribution in [0.15, 0.2) is 30.5 Å². The maximum absolute atomic E-state index is 12.7. The van der Waals surface area contributed by atoms with E-state index in [0.29, 0.717) is 32.1 Å². The minimum atomic E-state index is -0.191. The van der Waals surface area contributed by atoms with E-state index in [9.17, 15) is 9.59 Å². The Morgan fingerprint density at radius 3 is 2.73 bits per heavy atom. The molecule has 0 N–H and O–H groups in total. The predicted octanol–water partition coefficient (Wildman–Crippen LogP) is 1.84. The molecule has 2 aliphatic rings. The summed E-state index contributed by atoms with van der Waals surface area (Å²) in [7, 11) is 3.03. The molecule has 0 saturated carbocycles. The number of benzene rings is 1. The van der Waals surface area contributed by atoms with Crippen molar-refractivity contribution in [3.05, 3.63) is 47.2 Å². The number of carbonyl (C=O) groups is 2. The Hall–Kier alpha value is -2.69. The van der Waals surface area contributed by atoms with Gasteiger partial charge in [-0.25, -0.2) is 4.98 Å². The Morgan fingerprint density at radius 1 is 1.18 bits per heavy atom. The van der Waals surface area contributed by atoms with Crippen molar-refractivity contribution in [3.8, 4) is 6.01 Å². The largest absolute Gasteiger partial charge is 0.468 e. The van der Waals surface area contributed by atoms with Gasteiger partial charge < -0.3 is 14.2 Å². The molecule has 1 saturated heterocycles. The zero-order valence-corrected chi connectivity index (χ0v) is 20.0. The summed E-state index contributed by atoms with van der Waals surface area (Å²) in [5.74, 6) is 0.397. The highest BCUT2D eigenvalue weighted by molar-refractivity contribution is 7.59. The van der Waals surface area contributed by atoms with E-state index < -0.39 is 0 Å². The Labute approximate surface area is 200 Å². The first-order chi connectivity index (χ1) is 15.6. The van der Waals surface area contributed by atoms with E-state index >= 15 is 0 Å². The van der Waals surface area contributed by atoms with Crippen LogP contribution in [0.5, 0.6) is 6.01 Å². The molecule has 2 aromatic rings. The third kappa shape index (κ3) is 5.82. The zero-order chi connectivity index (χ0) is 22.5. The molecule has 1 fully saturated rings. The van der Waals surface area contributed by atoms with E-state index in [-0.39, 0.29) is 43.8 Å². The second-order valence-corrected chi connectivity index (χ2v) is 7.97. The lowest BCUT2D eigenvalue weighted by Crippen LogP contribution is -2.36. The molecule has 1 aromatic carbocycles. The number of likely N-dealkylation sites (tertiary alicyclic amines) is 1. The van der Waals surface area contributed by atoms with Crippen LogP contribution in [0.2, 0.25) is 0 Å². The molecular weight excluding hydrogens is 444 g/mol. The minimum Gasteiger partial charge on any atom is -0.468 e. The summed E-state index contributed by atoms with van der Waals surface area (Å²) in [6, 6.07) is 8.14. The van der Waals surface area contributed by atoms with Crippen LogP contribution in [-0.2, 0) is 38.6 Å². The Bertz CT molecular complexity index is 989. The molecule has 0 spiro atoms. The molecule has 10 heteroatoms. The molecule has 0 radical (unpaired) electrons. The van der Waals surface area contributed by atoms with E-state index in [1.807, 2.05) is 18.2 Å². The second-order valence-electron chi connectivity index (χ2n) is 7.97. The number of anilines is 1. The van der Waals surface area contributed by atoms with Gasteiger partial charge in [-0.3, -0.25) is 19.4 Å². The van der Waals surface area contributed by atoms with Crippen LogP contribution in [0.4, 0.5) is 5.82 Å². The van der Waals surface area contributed by atoms with Gasteiger partial charge in [0, 0.05) is 25.4 Å². The molecule has 9 nitrogen and oxygen atoms in total. The topological polar surface area (TPSA) is 94.1 Å². The maximum atomic E-state index is 12.7. The molecule has 1 atom stereocenters. The number of fused-ring (bicyclic) bond motifs is 1. The third-order valence-electron chi connectivity index (χ3n) is 5.79. The fourth-order valence-corrected chi connectivity index (χ4v) is 4.23. The van der Waals surface area contributed by atoms with E-state index in [2.05, 4.69) is 20.9 Å². The van der Waals surface area contributed by atoms with Crippen LogP contribution < -0.4 is 9.64 Å². The van der Waals surface area contributed by atoms with Gasteiger partial charge >= 0.3 is 12.0 Å². The number of methoxy groups -OCH3 is 2. The summed E-state index contributed by atoms with van der Waals surface area (Å²) in [4.78, 5) is 37.2. The highest BCUT2D eigenvalue weighted by Gasteiger charge is 2.32. The van der Waals surface area contributed by atoms with Crippen LogP contribution in [0.25, 0.3) is 0 Å². The lowest BCUT2D eigenvalue weighted by molar-refractivity contribution is -0.146. The number of hydrogen-bond donors (Lipinski definition) is 0. The van der Waals surface area contributed by atoms with Crippen molar-refractivity contribution in [2.75, 3.05) is 38.9 Å². The smallest absolute Gasteiger partial charge is 0.323 e. The third-order valence-corrected chi connectivity index (χ3v) is 5.79. The van der Waals surface area contributed by atoms with Gasteiger partial charge in [-0.2, -0.15) is 18.5 Å². The van der Waals surface area contributed by atoms with Crippen molar-refractivity contribution in [1.29, 1.82) is 0 Å². The number of esters is 1. The van der Waals surface area contributed by atoms with E-state index in [1.54, 1.807) is 18.2 Å². The fourth-order valence-electron chi connectivity index (χ4n) is 4.23. The zero-order valence-electron chi connectivity index (χ0n) is 19.0. The molecule has 2 aliphatic heterocycles. The molecule has 178 valence electrons. The number of rotatable bonds is 9. The second kappa shape index (κ2) is 11.4. The quantitative estimate of drug-likeness (QED) is 0.402. The number of hydrogen-bond acceptors (Lipinski definition) is 8. The molecule has 0 bridgehead atoms. The summed E-state index contributed by atoms with van der Waals surface area (Å²) < 4.78 is 15.4. The molecule has 0 aliphatic carbocycles. The normalized spacial score (nSPS) is 17.6. The van der Waals surface area contributed by atoms with Gasteiger partial charge in [-0.15, -0.1) is 0 Å². The van der Waals surface area contributed by atoms with Gasteiger partial charge in [0.25, 0.3) is 0 Å². The molecule has 33 heavy (non-hydrogen) atoms. The number of amides is 1. The van der Waals surface area contributed by atoms with Crippen LogP contribution in [0.1, 0.15) is 29.5 Å². The first kappa shape index (κ1) is 24.9. The van der Waals surface area contributed by atoms with Crippen molar-refractivity contribution in [2.45, 2.75) is 38.4 Å². The Balaban J connectivity index is 0.00000306. The van der Waals surface area contributed by atoms with Crippen molar-refractivity contribution >= 4 is 31.2 Å². The molecule has 3 heterocycles. The van der Waals surface area contributed by atoms with Crippen molar-refractivity contribution in [2.24, 2.45) is 0 Å². The van der Waals surface area contributed by atoms with Gasteiger partial charge in [0.05, 0.1) is 26.7 Å². The molecule has 1 aromatic heterocycles. The molecule has 4 rings (SSSR count).